The zero-order valence-electron chi connectivity index (χ0n) is 10.0. The van der Waals surface area contributed by atoms with Gasteiger partial charge in [-0.15, -0.1) is 0 Å². The van der Waals surface area contributed by atoms with Gasteiger partial charge >= 0.3 is 5.69 Å². The maximum absolute atomic E-state index is 11.9. The molecule has 17 heavy (non-hydrogen) atoms. The van der Waals surface area contributed by atoms with Crippen LogP contribution in [0.15, 0.2) is 21.9 Å². The molecular weight excluding hydrogens is 222 g/mol. The van der Waals surface area contributed by atoms with E-state index >= 15 is 0 Å². The smallest absolute Gasteiger partial charge is 0.330 e. The van der Waals surface area contributed by atoms with E-state index in [-0.39, 0.29) is 11.2 Å². The quantitative estimate of drug-likeness (QED) is 0.677. The van der Waals surface area contributed by atoms with E-state index in [1.54, 1.807) is 6.92 Å². The summed E-state index contributed by atoms with van der Waals surface area (Å²) in [6.45, 7) is 2.84. The molecule has 6 heteroatoms. The molecule has 1 atom stereocenters. The number of aromatic nitrogens is 2. The Morgan fingerprint density at radius 2 is 2.12 bits per heavy atom. The lowest BCUT2D eigenvalue weighted by molar-refractivity contribution is 0.177. The van der Waals surface area contributed by atoms with Crippen molar-refractivity contribution in [1.82, 2.24) is 9.13 Å². The fraction of sp³-hybridized carbons (Fsp3) is 0.636. The van der Waals surface area contributed by atoms with Gasteiger partial charge in [0.25, 0.3) is 5.56 Å². The largest absolute Gasteiger partial charge is 0.393 e. The molecule has 0 bridgehead atoms. The van der Waals surface area contributed by atoms with E-state index in [2.05, 4.69) is 0 Å². The third-order valence-electron chi connectivity index (χ3n) is 2.51. The van der Waals surface area contributed by atoms with Crippen molar-refractivity contribution >= 4 is 0 Å². The summed E-state index contributed by atoms with van der Waals surface area (Å²) in [5.41, 5.74) is 4.71. The minimum Gasteiger partial charge on any atom is -0.393 e. The summed E-state index contributed by atoms with van der Waals surface area (Å²) >= 11 is 0. The van der Waals surface area contributed by atoms with Crippen LogP contribution in [0.3, 0.4) is 0 Å². The standard InChI is InChI=1S/C11H19N3O3/c1-9(15)3-7-13-8-4-10(16)14(11(13)17)6-2-5-12/h4,8-9,15H,2-3,5-7,12H2,1H3. The highest BCUT2D eigenvalue weighted by atomic mass is 16.3. The van der Waals surface area contributed by atoms with E-state index in [0.717, 1.165) is 0 Å². The third-order valence-corrected chi connectivity index (χ3v) is 2.51. The highest BCUT2D eigenvalue weighted by Crippen LogP contribution is 1.92. The minimum atomic E-state index is -0.466. The van der Waals surface area contributed by atoms with E-state index < -0.39 is 6.10 Å². The second kappa shape index (κ2) is 6.36. The van der Waals surface area contributed by atoms with Crippen LogP contribution in [-0.4, -0.2) is 26.9 Å². The molecule has 3 N–H and O–H groups in total. The number of aliphatic hydroxyl groups excluding tert-OH is 1. The average Bonchev–Trinajstić information content (AvgIpc) is 2.27. The van der Waals surface area contributed by atoms with Crippen molar-refractivity contribution in [2.45, 2.75) is 39.0 Å². The Balaban J connectivity index is 2.94. The highest BCUT2D eigenvalue weighted by molar-refractivity contribution is 4.86. The van der Waals surface area contributed by atoms with Crippen LogP contribution >= 0.6 is 0 Å². The van der Waals surface area contributed by atoms with Gasteiger partial charge in [-0.2, -0.15) is 0 Å². The summed E-state index contributed by atoms with van der Waals surface area (Å²) in [5.74, 6) is 0. The molecule has 0 amide bonds. The summed E-state index contributed by atoms with van der Waals surface area (Å²) in [7, 11) is 0. The summed E-state index contributed by atoms with van der Waals surface area (Å²) in [6, 6.07) is 1.36. The predicted molar refractivity (Wildman–Crippen MR) is 64.9 cm³/mol. The van der Waals surface area contributed by atoms with Gasteiger partial charge in [-0.05, 0) is 26.3 Å². The Kier molecular flexibility index (Phi) is 5.11. The lowest BCUT2D eigenvalue weighted by atomic mass is 10.3. The van der Waals surface area contributed by atoms with Crippen LogP contribution in [0.5, 0.6) is 0 Å². The third kappa shape index (κ3) is 3.83. The number of hydrogen-bond donors (Lipinski definition) is 2. The Morgan fingerprint density at radius 1 is 1.41 bits per heavy atom. The van der Waals surface area contributed by atoms with Gasteiger partial charge in [0.1, 0.15) is 0 Å². The molecule has 1 unspecified atom stereocenters. The van der Waals surface area contributed by atoms with Crippen molar-refractivity contribution in [3.63, 3.8) is 0 Å². The van der Waals surface area contributed by atoms with Gasteiger partial charge < -0.3 is 15.4 Å². The Morgan fingerprint density at radius 3 is 2.71 bits per heavy atom. The molecule has 96 valence electrons. The molecule has 0 fully saturated rings. The van der Waals surface area contributed by atoms with Crippen LogP contribution in [0.25, 0.3) is 0 Å². The van der Waals surface area contributed by atoms with Crippen molar-refractivity contribution < 1.29 is 5.11 Å². The molecule has 0 spiro atoms. The number of nitrogens with zero attached hydrogens (tertiary/aromatic N) is 2. The molecule has 0 aliphatic rings. The van der Waals surface area contributed by atoms with Crippen LogP contribution in [0.4, 0.5) is 0 Å². The molecule has 0 radical (unpaired) electrons. The second-order valence-electron chi connectivity index (χ2n) is 4.06. The van der Waals surface area contributed by atoms with Crippen LogP contribution in [0.2, 0.25) is 0 Å². The predicted octanol–water partition coefficient (Wildman–Crippen LogP) is -0.870. The lowest BCUT2D eigenvalue weighted by Gasteiger charge is -2.10. The molecule has 6 nitrogen and oxygen atoms in total. The van der Waals surface area contributed by atoms with Gasteiger partial charge in [-0.3, -0.25) is 9.36 Å². The molecule has 1 rings (SSSR count). The number of rotatable bonds is 6. The SMILES string of the molecule is CC(O)CCn1ccc(=O)n(CCCN)c1=O. The summed E-state index contributed by atoms with van der Waals surface area (Å²) < 4.78 is 2.61. The zero-order chi connectivity index (χ0) is 12.8. The van der Waals surface area contributed by atoms with Crippen LogP contribution in [0, 0.1) is 0 Å². The molecule has 1 aromatic heterocycles. The van der Waals surface area contributed by atoms with Crippen LogP contribution < -0.4 is 17.0 Å². The van der Waals surface area contributed by atoms with E-state index in [1.165, 1.54) is 21.4 Å². The normalized spacial score (nSPS) is 12.6. The van der Waals surface area contributed by atoms with Gasteiger partial charge in [0.2, 0.25) is 0 Å². The summed E-state index contributed by atoms with van der Waals surface area (Å²) in [5, 5.41) is 9.17. The first-order valence-corrected chi connectivity index (χ1v) is 5.74. The molecular formula is C11H19N3O3. The number of nitrogens with two attached hydrogens (primary N) is 1. The van der Waals surface area contributed by atoms with E-state index in [9.17, 15) is 9.59 Å². The first-order valence-electron chi connectivity index (χ1n) is 5.74. The van der Waals surface area contributed by atoms with Crippen LogP contribution in [-0.2, 0) is 13.1 Å². The Bertz CT molecular complexity index is 462. The number of aliphatic hydroxyl groups is 1. The van der Waals surface area contributed by atoms with Crippen molar-refractivity contribution in [3.8, 4) is 0 Å². The molecule has 0 aliphatic heterocycles. The molecule has 0 aliphatic carbocycles. The minimum absolute atomic E-state index is 0.309. The molecule has 1 heterocycles. The van der Waals surface area contributed by atoms with E-state index in [1.807, 2.05) is 0 Å². The molecule has 0 saturated carbocycles. The Labute approximate surface area is 99.3 Å². The fourth-order valence-corrected chi connectivity index (χ4v) is 1.51. The van der Waals surface area contributed by atoms with E-state index in [0.29, 0.717) is 32.5 Å². The van der Waals surface area contributed by atoms with Crippen molar-refractivity contribution in [1.29, 1.82) is 0 Å². The topological polar surface area (TPSA) is 90.2 Å². The summed E-state index contributed by atoms with van der Waals surface area (Å²) in [6.07, 6.45) is 2.07. The van der Waals surface area contributed by atoms with Crippen molar-refractivity contribution in [3.05, 3.63) is 33.1 Å². The zero-order valence-corrected chi connectivity index (χ0v) is 10.0. The number of hydrogen-bond acceptors (Lipinski definition) is 4. The monoisotopic (exact) mass is 241 g/mol. The lowest BCUT2D eigenvalue weighted by Crippen LogP contribution is -2.39. The van der Waals surface area contributed by atoms with E-state index in [4.69, 9.17) is 10.8 Å². The number of aryl methyl sites for hydroxylation is 1. The second-order valence-corrected chi connectivity index (χ2v) is 4.06. The highest BCUT2D eigenvalue weighted by Gasteiger charge is 2.05. The van der Waals surface area contributed by atoms with Gasteiger partial charge in [-0.1, -0.05) is 0 Å². The fourth-order valence-electron chi connectivity index (χ4n) is 1.51. The maximum Gasteiger partial charge on any atom is 0.330 e. The van der Waals surface area contributed by atoms with Gasteiger partial charge in [0.15, 0.2) is 0 Å². The maximum atomic E-state index is 11.9. The van der Waals surface area contributed by atoms with Crippen molar-refractivity contribution in [2.24, 2.45) is 5.73 Å². The van der Waals surface area contributed by atoms with Gasteiger partial charge in [0, 0.05) is 25.4 Å². The molecule has 1 aromatic rings. The molecule has 0 aromatic carbocycles. The molecule has 0 saturated heterocycles. The summed E-state index contributed by atoms with van der Waals surface area (Å²) in [4.78, 5) is 23.4. The van der Waals surface area contributed by atoms with Crippen LogP contribution in [0.1, 0.15) is 19.8 Å². The first-order chi connectivity index (χ1) is 8.06. The first kappa shape index (κ1) is 13.7. The Hall–Kier alpha value is -1.40. The van der Waals surface area contributed by atoms with Crippen molar-refractivity contribution in [2.75, 3.05) is 6.54 Å². The average molecular weight is 241 g/mol. The van der Waals surface area contributed by atoms with Gasteiger partial charge in [0.05, 0.1) is 6.10 Å². The van der Waals surface area contributed by atoms with Gasteiger partial charge in [-0.25, -0.2) is 4.79 Å².